The molecule has 6 heteroatoms. The average Bonchev–Trinajstić information content (AvgIpc) is 3.00. The van der Waals surface area contributed by atoms with Crippen molar-refractivity contribution in [2.24, 2.45) is 0 Å². The second kappa shape index (κ2) is 6.93. The average molecular weight is 347 g/mol. The molecule has 0 bridgehead atoms. The van der Waals surface area contributed by atoms with E-state index in [2.05, 4.69) is 39.6 Å². The number of anilines is 1. The lowest BCUT2D eigenvalue weighted by Gasteiger charge is -2.14. The van der Waals surface area contributed by atoms with E-state index in [4.69, 9.17) is 9.84 Å². The van der Waals surface area contributed by atoms with Crippen molar-refractivity contribution >= 4 is 11.9 Å². The Balaban J connectivity index is 1.48. The standard InChI is InChI=1S/C20H17N3O3/c24-10-13-9-19(22-12-21-13)23-20(25)26-11-18-16-7-3-1-5-14(16)15-6-2-4-8-17(15)18/h1-9,12,18,24H,10-11H2,(H,21,22,23,25). The summed E-state index contributed by atoms with van der Waals surface area (Å²) in [6, 6.07) is 17.8. The summed E-state index contributed by atoms with van der Waals surface area (Å²) in [6.07, 6.45) is 0.694. The minimum absolute atomic E-state index is 0.00607. The molecule has 130 valence electrons. The van der Waals surface area contributed by atoms with Crippen LogP contribution in [0.25, 0.3) is 11.1 Å². The van der Waals surface area contributed by atoms with Crippen LogP contribution in [-0.2, 0) is 11.3 Å². The lowest BCUT2D eigenvalue weighted by atomic mass is 9.98. The first-order valence-corrected chi connectivity index (χ1v) is 8.30. The summed E-state index contributed by atoms with van der Waals surface area (Å²) >= 11 is 0. The van der Waals surface area contributed by atoms with Gasteiger partial charge in [0.05, 0.1) is 12.3 Å². The number of aromatic nitrogens is 2. The van der Waals surface area contributed by atoms with E-state index in [1.807, 2.05) is 24.3 Å². The van der Waals surface area contributed by atoms with Crippen molar-refractivity contribution in [3.8, 4) is 11.1 Å². The number of nitrogens with zero attached hydrogens (tertiary/aromatic N) is 2. The Hall–Kier alpha value is -3.25. The van der Waals surface area contributed by atoms with Gasteiger partial charge in [-0.1, -0.05) is 48.5 Å². The molecule has 0 atom stereocenters. The maximum Gasteiger partial charge on any atom is 0.412 e. The van der Waals surface area contributed by atoms with Crippen molar-refractivity contribution in [3.05, 3.63) is 77.7 Å². The third-order valence-electron chi connectivity index (χ3n) is 4.46. The van der Waals surface area contributed by atoms with Gasteiger partial charge in [-0.05, 0) is 22.3 Å². The monoisotopic (exact) mass is 347 g/mol. The molecule has 0 aliphatic heterocycles. The van der Waals surface area contributed by atoms with Gasteiger partial charge in [0.2, 0.25) is 0 Å². The Labute approximate surface area is 150 Å². The van der Waals surface area contributed by atoms with Crippen LogP contribution < -0.4 is 5.32 Å². The van der Waals surface area contributed by atoms with Gasteiger partial charge >= 0.3 is 6.09 Å². The van der Waals surface area contributed by atoms with Crippen LogP contribution in [0.1, 0.15) is 22.7 Å². The van der Waals surface area contributed by atoms with Crippen LogP contribution >= 0.6 is 0 Å². The van der Waals surface area contributed by atoms with Crippen molar-refractivity contribution in [3.63, 3.8) is 0 Å². The molecule has 2 aromatic carbocycles. The van der Waals surface area contributed by atoms with E-state index in [0.717, 1.165) is 11.1 Å². The van der Waals surface area contributed by atoms with Crippen LogP contribution in [0.15, 0.2) is 60.9 Å². The number of rotatable bonds is 4. The Morgan fingerprint density at radius 3 is 2.35 bits per heavy atom. The van der Waals surface area contributed by atoms with Crippen LogP contribution in [0.4, 0.5) is 10.6 Å². The fourth-order valence-corrected chi connectivity index (χ4v) is 3.29. The molecule has 1 heterocycles. The zero-order chi connectivity index (χ0) is 17.9. The summed E-state index contributed by atoms with van der Waals surface area (Å²) in [4.78, 5) is 20.0. The molecular weight excluding hydrogens is 330 g/mol. The van der Waals surface area contributed by atoms with Crippen LogP contribution in [0.2, 0.25) is 0 Å². The number of fused-ring (bicyclic) bond motifs is 3. The first kappa shape index (κ1) is 16.2. The van der Waals surface area contributed by atoms with E-state index < -0.39 is 6.09 Å². The van der Waals surface area contributed by atoms with Crippen LogP contribution in [0.3, 0.4) is 0 Å². The number of nitrogens with one attached hydrogen (secondary N) is 1. The predicted octanol–water partition coefficient (Wildman–Crippen LogP) is 3.33. The third-order valence-corrected chi connectivity index (χ3v) is 4.46. The summed E-state index contributed by atoms with van der Waals surface area (Å²) in [5.74, 6) is 0.299. The smallest absolute Gasteiger partial charge is 0.412 e. The number of hydrogen-bond donors (Lipinski definition) is 2. The van der Waals surface area contributed by atoms with Gasteiger partial charge in [-0.15, -0.1) is 0 Å². The molecule has 4 rings (SSSR count). The zero-order valence-corrected chi connectivity index (χ0v) is 13.9. The van der Waals surface area contributed by atoms with Crippen molar-refractivity contribution in [1.29, 1.82) is 0 Å². The molecule has 26 heavy (non-hydrogen) atoms. The summed E-state index contributed by atoms with van der Waals surface area (Å²) in [6.45, 7) is 0.0136. The van der Waals surface area contributed by atoms with Crippen LogP contribution in [-0.4, -0.2) is 27.8 Å². The number of hydrogen-bond acceptors (Lipinski definition) is 5. The van der Waals surface area contributed by atoms with Gasteiger partial charge in [-0.3, -0.25) is 5.32 Å². The quantitative estimate of drug-likeness (QED) is 0.756. The van der Waals surface area contributed by atoms with Gasteiger partial charge in [0.15, 0.2) is 0 Å². The molecule has 1 aliphatic rings. The number of carbonyl (C=O) groups is 1. The lowest BCUT2D eigenvalue weighted by Crippen LogP contribution is -2.18. The minimum atomic E-state index is -0.588. The SMILES string of the molecule is O=C(Nc1cc(CO)ncn1)OCC1c2ccccc2-c2ccccc21. The van der Waals surface area contributed by atoms with Crippen molar-refractivity contribution in [1.82, 2.24) is 9.97 Å². The molecule has 1 aromatic heterocycles. The molecule has 1 amide bonds. The van der Waals surface area contributed by atoms with Crippen LogP contribution in [0, 0.1) is 0 Å². The number of amides is 1. The summed E-state index contributed by atoms with van der Waals surface area (Å²) in [7, 11) is 0. The summed E-state index contributed by atoms with van der Waals surface area (Å²) in [5.41, 5.74) is 5.10. The normalized spacial score (nSPS) is 12.3. The molecule has 0 spiro atoms. The molecule has 1 aliphatic carbocycles. The molecule has 0 radical (unpaired) electrons. The van der Waals surface area contributed by atoms with Gasteiger partial charge in [0, 0.05) is 12.0 Å². The Morgan fingerprint density at radius 1 is 1.04 bits per heavy atom. The van der Waals surface area contributed by atoms with Crippen molar-refractivity contribution in [2.75, 3.05) is 11.9 Å². The molecular formula is C20H17N3O3. The number of benzene rings is 2. The van der Waals surface area contributed by atoms with Crippen molar-refractivity contribution < 1.29 is 14.6 Å². The van der Waals surface area contributed by atoms with Gasteiger partial charge in [0.25, 0.3) is 0 Å². The topological polar surface area (TPSA) is 84.3 Å². The zero-order valence-electron chi connectivity index (χ0n) is 13.9. The fourth-order valence-electron chi connectivity index (χ4n) is 3.29. The van der Waals surface area contributed by atoms with E-state index in [9.17, 15) is 4.79 Å². The highest BCUT2D eigenvalue weighted by molar-refractivity contribution is 5.84. The van der Waals surface area contributed by atoms with Gasteiger partial charge < -0.3 is 9.84 Å². The van der Waals surface area contributed by atoms with E-state index in [1.54, 1.807) is 0 Å². The largest absolute Gasteiger partial charge is 0.448 e. The summed E-state index contributed by atoms with van der Waals surface area (Å²) < 4.78 is 5.44. The molecule has 0 unspecified atom stereocenters. The number of aliphatic hydroxyl groups excluding tert-OH is 1. The molecule has 0 saturated heterocycles. The first-order chi connectivity index (χ1) is 12.8. The lowest BCUT2D eigenvalue weighted by molar-refractivity contribution is 0.158. The number of aliphatic hydroxyl groups is 1. The summed E-state index contributed by atoms with van der Waals surface area (Å²) in [5, 5.41) is 11.7. The maximum atomic E-state index is 12.1. The van der Waals surface area contributed by atoms with Gasteiger partial charge in [0.1, 0.15) is 18.8 Å². The molecule has 0 saturated carbocycles. The Morgan fingerprint density at radius 2 is 1.69 bits per heavy atom. The van der Waals surface area contributed by atoms with E-state index in [1.165, 1.54) is 23.5 Å². The fraction of sp³-hybridized carbons (Fsp3) is 0.150. The Bertz CT molecular complexity index is 913. The van der Waals surface area contributed by atoms with E-state index >= 15 is 0 Å². The predicted molar refractivity (Wildman–Crippen MR) is 96.6 cm³/mol. The maximum absolute atomic E-state index is 12.1. The molecule has 2 N–H and O–H groups in total. The van der Waals surface area contributed by atoms with Crippen LogP contribution in [0.5, 0.6) is 0 Å². The molecule has 3 aromatic rings. The van der Waals surface area contributed by atoms with E-state index in [0.29, 0.717) is 11.5 Å². The van der Waals surface area contributed by atoms with Gasteiger partial charge in [-0.25, -0.2) is 14.8 Å². The van der Waals surface area contributed by atoms with Gasteiger partial charge in [-0.2, -0.15) is 0 Å². The van der Waals surface area contributed by atoms with E-state index in [-0.39, 0.29) is 19.1 Å². The first-order valence-electron chi connectivity index (χ1n) is 8.30. The number of carbonyl (C=O) groups excluding carboxylic acids is 1. The number of ether oxygens (including phenoxy) is 1. The van der Waals surface area contributed by atoms with Crippen molar-refractivity contribution in [2.45, 2.75) is 12.5 Å². The second-order valence-electron chi connectivity index (χ2n) is 6.00. The third kappa shape index (κ3) is 3.02. The highest BCUT2D eigenvalue weighted by Crippen LogP contribution is 2.44. The highest BCUT2D eigenvalue weighted by Gasteiger charge is 2.28. The Kier molecular flexibility index (Phi) is 4.33. The molecule has 6 nitrogen and oxygen atoms in total. The second-order valence-corrected chi connectivity index (χ2v) is 6.00. The highest BCUT2D eigenvalue weighted by atomic mass is 16.5. The minimum Gasteiger partial charge on any atom is -0.448 e. The molecule has 0 fully saturated rings.